The molecule has 0 amide bonds. The van der Waals surface area contributed by atoms with Crippen LogP contribution in [0.2, 0.25) is 0 Å². The Bertz CT molecular complexity index is 799. The standard InChI is InChI=1S/C19H21NO3S/c1-11-9-16(14(4)13(3)12(11)2)17(21)10-23-19(22)15-7-6-8-20-18(15)24-5/h6-9H,10H2,1-5H3. The molecule has 1 aromatic carbocycles. The molecule has 0 N–H and O–H groups in total. The van der Waals surface area contributed by atoms with Gasteiger partial charge in [-0.15, -0.1) is 11.8 Å². The first-order valence-electron chi connectivity index (χ1n) is 7.63. The molecule has 0 saturated carbocycles. The molecule has 1 aromatic heterocycles. The Labute approximate surface area is 146 Å². The third kappa shape index (κ3) is 3.67. The Balaban J connectivity index is 2.15. The van der Waals surface area contributed by atoms with Gasteiger partial charge in [-0.3, -0.25) is 4.79 Å². The summed E-state index contributed by atoms with van der Waals surface area (Å²) in [7, 11) is 0. The van der Waals surface area contributed by atoms with E-state index in [1.807, 2.05) is 40.0 Å². The number of ketones is 1. The number of esters is 1. The summed E-state index contributed by atoms with van der Waals surface area (Å²) in [5.41, 5.74) is 5.27. The summed E-state index contributed by atoms with van der Waals surface area (Å²) in [6, 6.07) is 5.19. The molecule has 0 spiro atoms. The largest absolute Gasteiger partial charge is 0.454 e. The molecule has 0 atom stereocenters. The predicted octanol–water partition coefficient (Wildman–Crippen LogP) is 4.08. The fourth-order valence-corrected chi connectivity index (χ4v) is 3.03. The van der Waals surface area contributed by atoms with E-state index in [9.17, 15) is 9.59 Å². The first-order valence-corrected chi connectivity index (χ1v) is 8.86. The number of hydrogen-bond acceptors (Lipinski definition) is 5. The van der Waals surface area contributed by atoms with Crippen LogP contribution in [0, 0.1) is 27.7 Å². The molecule has 1 heterocycles. The van der Waals surface area contributed by atoms with Crippen LogP contribution in [0.5, 0.6) is 0 Å². The number of carbonyl (C=O) groups is 2. The van der Waals surface area contributed by atoms with Crippen molar-refractivity contribution in [3.8, 4) is 0 Å². The minimum Gasteiger partial charge on any atom is -0.454 e. The number of aromatic nitrogens is 1. The van der Waals surface area contributed by atoms with E-state index in [2.05, 4.69) is 4.98 Å². The average Bonchev–Trinajstić information content (AvgIpc) is 2.60. The molecule has 0 bridgehead atoms. The van der Waals surface area contributed by atoms with Crippen molar-refractivity contribution in [2.45, 2.75) is 32.7 Å². The zero-order valence-corrected chi connectivity index (χ0v) is 15.4. The molecule has 0 aliphatic rings. The van der Waals surface area contributed by atoms with E-state index in [0.717, 1.165) is 16.7 Å². The van der Waals surface area contributed by atoms with Crippen LogP contribution in [0.15, 0.2) is 29.4 Å². The van der Waals surface area contributed by atoms with Gasteiger partial charge in [0.2, 0.25) is 5.78 Å². The molecule has 2 rings (SSSR count). The first-order chi connectivity index (χ1) is 11.4. The molecule has 0 aliphatic heterocycles. The minimum absolute atomic E-state index is 0.193. The minimum atomic E-state index is -0.529. The maximum Gasteiger partial charge on any atom is 0.341 e. The highest BCUT2D eigenvalue weighted by Gasteiger charge is 2.18. The zero-order chi connectivity index (χ0) is 17.9. The second kappa shape index (κ2) is 7.62. The summed E-state index contributed by atoms with van der Waals surface area (Å²) in [5.74, 6) is -0.722. The Morgan fingerprint density at radius 3 is 2.46 bits per heavy atom. The molecular weight excluding hydrogens is 322 g/mol. The van der Waals surface area contributed by atoms with Crippen LogP contribution in [0.25, 0.3) is 0 Å². The van der Waals surface area contributed by atoms with Crippen molar-refractivity contribution in [2.75, 3.05) is 12.9 Å². The number of hydrogen-bond donors (Lipinski definition) is 0. The van der Waals surface area contributed by atoms with E-state index >= 15 is 0 Å². The fourth-order valence-electron chi connectivity index (χ4n) is 2.50. The van der Waals surface area contributed by atoms with E-state index < -0.39 is 5.97 Å². The fraction of sp³-hybridized carbons (Fsp3) is 0.316. The third-order valence-electron chi connectivity index (χ3n) is 4.30. The van der Waals surface area contributed by atoms with E-state index in [1.165, 1.54) is 17.3 Å². The number of thioether (sulfide) groups is 1. The number of benzene rings is 1. The summed E-state index contributed by atoms with van der Waals surface area (Å²) in [6.07, 6.45) is 3.46. The van der Waals surface area contributed by atoms with Gasteiger partial charge in [-0.1, -0.05) is 0 Å². The molecule has 0 aliphatic carbocycles. The molecule has 4 nitrogen and oxygen atoms in total. The molecule has 0 radical (unpaired) electrons. The Morgan fingerprint density at radius 2 is 1.79 bits per heavy atom. The van der Waals surface area contributed by atoms with Crippen LogP contribution in [-0.2, 0) is 4.74 Å². The number of ether oxygens (including phenoxy) is 1. The summed E-state index contributed by atoms with van der Waals surface area (Å²) in [6.45, 7) is 7.66. The molecule has 2 aromatic rings. The number of carbonyl (C=O) groups excluding carboxylic acids is 2. The summed E-state index contributed by atoms with van der Waals surface area (Å²) in [5, 5.41) is 0.591. The van der Waals surface area contributed by atoms with Crippen molar-refractivity contribution in [1.29, 1.82) is 0 Å². The van der Waals surface area contributed by atoms with Crippen LogP contribution < -0.4 is 0 Å². The molecule has 0 unspecified atom stereocenters. The molecule has 0 saturated heterocycles. The predicted molar refractivity (Wildman–Crippen MR) is 96.0 cm³/mol. The summed E-state index contributed by atoms with van der Waals surface area (Å²) < 4.78 is 5.21. The van der Waals surface area contributed by atoms with Crippen molar-refractivity contribution < 1.29 is 14.3 Å². The lowest BCUT2D eigenvalue weighted by atomic mass is 9.93. The van der Waals surface area contributed by atoms with Crippen LogP contribution >= 0.6 is 11.8 Å². The highest BCUT2D eigenvalue weighted by molar-refractivity contribution is 7.98. The van der Waals surface area contributed by atoms with Gasteiger partial charge in [0.1, 0.15) is 5.03 Å². The third-order valence-corrected chi connectivity index (χ3v) is 5.01. The highest BCUT2D eigenvalue weighted by atomic mass is 32.2. The molecule has 126 valence electrons. The van der Waals surface area contributed by atoms with Gasteiger partial charge in [0.25, 0.3) is 0 Å². The Kier molecular flexibility index (Phi) is 5.78. The van der Waals surface area contributed by atoms with Crippen molar-refractivity contribution in [1.82, 2.24) is 4.98 Å². The SMILES string of the molecule is CSc1ncccc1C(=O)OCC(=O)c1cc(C)c(C)c(C)c1C. The normalized spacial score (nSPS) is 10.5. The van der Waals surface area contributed by atoms with Crippen LogP contribution in [-0.4, -0.2) is 29.6 Å². The Morgan fingerprint density at radius 1 is 1.08 bits per heavy atom. The monoisotopic (exact) mass is 343 g/mol. The van der Waals surface area contributed by atoms with Gasteiger partial charge in [0.15, 0.2) is 6.61 Å². The maximum atomic E-state index is 12.5. The molecule has 24 heavy (non-hydrogen) atoms. The lowest BCUT2D eigenvalue weighted by Gasteiger charge is -2.13. The van der Waals surface area contributed by atoms with E-state index in [0.29, 0.717) is 16.2 Å². The summed E-state index contributed by atoms with van der Waals surface area (Å²) in [4.78, 5) is 28.8. The van der Waals surface area contributed by atoms with Gasteiger partial charge in [0.05, 0.1) is 5.56 Å². The second-order valence-electron chi connectivity index (χ2n) is 5.68. The van der Waals surface area contributed by atoms with Gasteiger partial charge in [-0.05, 0) is 74.4 Å². The number of pyridine rings is 1. The average molecular weight is 343 g/mol. The molecule has 0 fully saturated rings. The number of nitrogens with zero attached hydrogens (tertiary/aromatic N) is 1. The van der Waals surface area contributed by atoms with Gasteiger partial charge in [-0.2, -0.15) is 0 Å². The first kappa shape index (κ1) is 18.2. The summed E-state index contributed by atoms with van der Waals surface area (Å²) >= 11 is 1.37. The van der Waals surface area contributed by atoms with Crippen LogP contribution in [0.4, 0.5) is 0 Å². The topological polar surface area (TPSA) is 56.3 Å². The van der Waals surface area contributed by atoms with E-state index in [1.54, 1.807) is 18.3 Å². The highest BCUT2D eigenvalue weighted by Crippen LogP contribution is 2.22. The molecular formula is C19H21NO3S. The van der Waals surface area contributed by atoms with Gasteiger partial charge in [-0.25, -0.2) is 9.78 Å². The van der Waals surface area contributed by atoms with E-state index in [-0.39, 0.29) is 12.4 Å². The molecule has 5 heteroatoms. The van der Waals surface area contributed by atoms with Gasteiger partial charge >= 0.3 is 5.97 Å². The number of aryl methyl sites for hydroxylation is 1. The van der Waals surface area contributed by atoms with Crippen molar-refractivity contribution in [3.05, 3.63) is 57.8 Å². The lowest BCUT2D eigenvalue weighted by Crippen LogP contribution is -2.16. The van der Waals surface area contributed by atoms with Crippen molar-refractivity contribution in [2.24, 2.45) is 0 Å². The van der Waals surface area contributed by atoms with E-state index in [4.69, 9.17) is 4.74 Å². The van der Waals surface area contributed by atoms with Crippen LogP contribution in [0.3, 0.4) is 0 Å². The second-order valence-corrected chi connectivity index (χ2v) is 6.47. The quantitative estimate of drug-likeness (QED) is 0.465. The zero-order valence-electron chi connectivity index (χ0n) is 14.6. The van der Waals surface area contributed by atoms with Gasteiger partial charge in [0, 0.05) is 11.8 Å². The Hall–Kier alpha value is -2.14. The lowest BCUT2D eigenvalue weighted by molar-refractivity contribution is 0.0470. The van der Waals surface area contributed by atoms with Crippen LogP contribution in [0.1, 0.15) is 43.0 Å². The van der Waals surface area contributed by atoms with Gasteiger partial charge < -0.3 is 4.74 Å². The van der Waals surface area contributed by atoms with Crippen molar-refractivity contribution in [3.63, 3.8) is 0 Å². The number of rotatable bonds is 5. The van der Waals surface area contributed by atoms with Crippen molar-refractivity contribution >= 4 is 23.5 Å². The maximum absolute atomic E-state index is 12.5. The number of Topliss-reactive ketones (excluding diaryl/α,β-unsaturated/α-hetero) is 1. The smallest absolute Gasteiger partial charge is 0.341 e.